The second-order valence-electron chi connectivity index (χ2n) is 4.40. The van der Waals surface area contributed by atoms with E-state index < -0.39 is 0 Å². The van der Waals surface area contributed by atoms with Crippen LogP contribution in [0.4, 0.5) is 0 Å². The van der Waals surface area contributed by atoms with Crippen molar-refractivity contribution in [3.05, 3.63) is 15.9 Å². The Morgan fingerprint density at radius 2 is 2.13 bits per heavy atom. The maximum absolute atomic E-state index is 4.79. The van der Waals surface area contributed by atoms with Crippen molar-refractivity contribution >= 4 is 27.7 Å². The highest BCUT2D eigenvalue weighted by Crippen LogP contribution is 2.36. The van der Waals surface area contributed by atoms with Crippen LogP contribution in [-0.2, 0) is 12.2 Å². The van der Waals surface area contributed by atoms with Gasteiger partial charge >= 0.3 is 0 Å². The van der Waals surface area contributed by atoms with Crippen molar-refractivity contribution in [3.8, 4) is 0 Å². The Morgan fingerprint density at radius 3 is 2.87 bits per heavy atom. The van der Waals surface area contributed by atoms with Gasteiger partial charge in [-0.3, -0.25) is 4.68 Å². The summed E-state index contributed by atoms with van der Waals surface area (Å²) in [7, 11) is 0. The number of hydrogen-bond donors (Lipinski definition) is 0. The highest BCUT2D eigenvalue weighted by atomic mass is 79.9. The average Bonchev–Trinajstić information content (AvgIpc) is 2.87. The lowest BCUT2D eigenvalue weighted by atomic mass is 10.2. The lowest BCUT2D eigenvalue weighted by molar-refractivity contribution is 0.455. The van der Waals surface area contributed by atoms with Gasteiger partial charge in [0.2, 0.25) is 0 Å². The summed E-state index contributed by atoms with van der Waals surface area (Å²) < 4.78 is 3.51. The average molecular weight is 287 g/mol. The van der Waals surface area contributed by atoms with E-state index in [1.54, 1.807) is 0 Å². The Kier molecular flexibility index (Phi) is 2.81. The molecule has 1 aromatic rings. The molecule has 0 N–H and O–H groups in total. The highest BCUT2D eigenvalue weighted by Gasteiger charge is 2.25. The van der Waals surface area contributed by atoms with Crippen molar-refractivity contribution in [1.82, 2.24) is 9.78 Å². The van der Waals surface area contributed by atoms with E-state index in [0.717, 1.165) is 12.2 Å². The van der Waals surface area contributed by atoms with E-state index in [1.807, 2.05) is 11.8 Å². The summed E-state index contributed by atoms with van der Waals surface area (Å²) in [5.41, 5.74) is 2.80. The molecule has 0 bridgehead atoms. The summed E-state index contributed by atoms with van der Waals surface area (Å²) in [5.74, 6) is 2.38. The highest BCUT2D eigenvalue weighted by molar-refractivity contribution is 9.10. The molecule has 4 heteroatoms. The molecular weight excluding hydrogens is 272 g/mol. The molecule has 0 amide bonds. The minimum absolute atomic E-state index is 0.662. The van der Waals surface area contributed by atoms with Crippen molar-refractivity contribution in [2.75, 3.05) is 5.75 Å². The van der Waals surface area contributed by atoms with Crippen molar-refractivity contribution in [1.29, 1.82) is 0 Å². The first-order chi connectivity index (χ1) is 7.36. The normalized spacial score (nSPS) is 21.9. The zero-order valence-electron chi connectivity index (χ0n) is 8.71. The monoisotopic (exact) mass is 286 g/mol. The summed E-state index contributed by atoms with van der Waals surface area (Å²) in [6.45, 7) is 0. The second-order valence-corrected chi connectivity index (χ2v) is 6.26. The van der Waals surface area contributed by atoms with Gasteiger partial charge in [0.1, 0.15) is 4.60 Å². The molecule has 2 aliphatic rings. The molecule has 82 valence electrons. The molecule has 3 rings (SSSR count). The molecule has 0 aromatic carbocycles. The molecule has 0 spiro atoms. The minimum Gasteiger partial charge on any atom is -0.255 e. The fourth-order valence-corrected chi connectivity index (χ4v) is 4.48. The summed E-state index contributed by atoms with van der Waals surface area (Å²) in [6.07, 6.45) is 6.52. The third-order valence-corrected chi connectivity index (χ3v) is 5.25. The minimum atomic E-state index is 0.662. The number of aryl methyl sites for hydroxylation is 1. The fourth-order valence-electron chi connectivity index (χ4n) is 2.57. The molecule has 2 nitrogen and oxygen atoms in total. The predicted molar refractivity (Wildman–Crippen MR) is 67.3 cm³/mol. The fraction of sp³-hybridized carbons (Fsp3) is 0.727. The Hall–Kier alpha value is 0.0400. The van der Waals surface area contributed by atoms with Crippen molar-refractivity contribution in [2.45, 2.75) is 43.9 Å². The van der Waals surface area contributed by atoms with Crippen LogP contribution in [0, 0.1) is 0 Å². The third-order valence-electron chi connectivity index (χ3n) is 3.43. The molecule has 0 unspecified atom stereocenters. The van der Waals surface area contributed by atoms with Gasteiger partial charge in [-0.15, -0.1) is 0 Å². The van der Waals surface area contributed by atoms with E-state index in [9.17, 15) is 0 Å². The van der Waals surface area contributed by atoms with Crippen LogP contribution < -0.4 is 0 Å². The van der Waals surface area contributed by atoms with Gasteiger partial charge in [-0.2, -0.15) is 16.9 Å². The molecule has 2 heterocycles. The molecule has 1 saturated carbocycles. The molecule has 1 aliphatic heterocycles. The van der Waals surface area contributed by atoms with Crippen LogP contribution in [0.3, 0.4) is 0 Å². The number of aromatic nitrogens is 2. The number of rotatable bonds is 1. The zero-order chi connectivity index (χ0) is 10.3. The van der Waals surface area contributed by atoms with Gasteiger partial charge in [0.15, 0.2) is 0 Å². The SMILES string of the molecule is Brc1c2c(nn1C1CCCC1)CCSC2. The first-order valence-electron chi connectivity index (χ1n) is 5.70. The van der Waals surface area contributed by atoms with Gasteiger partial charge in [-0.1, -0.05) is 12.8 Å². The van der Waals surface area contributed by atoms with Crippen LogP contribution in [0.2, 0.25) is 0 Å². The molecule has 0 radical (unpaired) electrons. The topological polar surface area (TPSA) is 17.8 Å². The molecule has 15 heavy (non-hydrogen) atoms. The number of nitrogens with zero attached hydrogens (tertiary/aromatic N) is 2. The second kappa shape index (κ2) is 4.13. The van der Waals surface area contributed by atoms with Crippen LogP contribution >= 0.6 is 27.7 Å². The molecule has 1 aliphatic carbocycles. The maximum atomic E-state index is 4.79. The smallest absolute Gasteiger partial charge is 0.108 e. The van der Waals surface area contributed by atoms with Crippen LogP contribution in [0.25, 0.3) is 0 Å². The quantitative estimate of drug-likeness (QED) is 0.786. The molecule has 0 saturated heterocycles. The lowest BCUT2D eigenvalue weighted by Gasteiger charge is -2.11. The van der Waals surface area contributed by atoms with Crippen LogP contribution in [0.5, 0.6) is 0 Å². The molecule has 1 fully saturated rings. The number of halogens is 1. The Bertz CT molecular complexity index is 369. The Labute approximate surface area is 103 Å². The number of fused-ring (bicyclic) bond motifs is 1. The number of hydrogen-bond acceptors (Lipinski definition) is 2. The Balaban J connectivity index is 1.97. The van der Waals surface area contributed by atoms with Crippen LogP contribution in [0.1, 0.15) is 43.0 Å². The summed E-state index contributed by atoms with van der Waals surface area (Å²) in [4.78, 5) is 0. The van der Waals surface area contributed by atoms with E-state index in [-0.39, 0.29) is 0 Å². The van der Waals surface area contributed by atoms with E-state index >= 15 is 0 Å². The van der Waals surface area contributed by atoms with Gasteiger partial charge in [0, 0.05) is 17.7 Å². The van der Waals surface area contributed by atoms with Gasteiger partial charge < -0.3 is 0 Å². The number of thioether (sulfide) groups is 1. The van der Waals surface area contributed by atoms with Gasteiger partial charge in [-0.05, 0) is 34.5 Å². The summed E-state index contributed by atoms with van der Waals surface area (Å²) in [6, 6.07) is 0.662. The largest absolute Gasteiger partial charge is 0.255 e. The van der Waals surface area contributed by atoms with Gasteiger partial charge in [0.25, 0.3) is 0 Å². The van der Waals surface area contributed by atoms with Crippen LogP contribution in [0.15, 0.2) is 4.60 Å². The van der Waals surface area contributed by atoms with Gasteiger partial charge in [0.05, 0.1) is 11.7 Å². The molecule has 0 atom stereocenters. The predicted octanol–water partition coefficient (Wildman–Crippen LogP) is 3.55. The zero-order valence-corrected chi connectivity index (χ0v) is 11.1. The lowest BCUT2D eigenvalue weighted by Crippen LogP contribution is -2.07. The van der Waals surface area contributed by atoms with E-state index in [2.05, 4.69) is 20.6 Å². The summed E-state index contributed by atoms with van der Waals surface area (Å²) in [5, 5.41) is 4.79. The third kappa shape index (κ3) is 1.76. The Morgan fingerprint density at radius 1 is 1.33 bits per heavy atom. The van der Waals surface area contributed by atoms with Gasteiger partial charge in [-0.25, -0.2) is 0 Å². The van der Waals surface area contributed by atoms with Crippen molar-refractivity contribution in [3.63, 3.8) is 0 Å². The first kappa shape index (κ1) is 10.2. The first-order valence-corrected chi connectivity index (χ1v) is 7.64. The molecular formula is C11H15BrN2S. The maximum Gasteiger partial charge on any atom is 0.108 e. The molecule has 1 aromatic heterocycles. The summed E-state index contributed by atoms with van der Waals surface area (Å²) >= 11 is 5.76. The van der Waals surface area contributed by atoms with Crippen molar-refractivity contribution < 1.29 is 0 Å². The van der Waals surface area contributed by atoms with E-state index in [4.69, 9.17) is 5.10 Å². The standard InChI is InChI=1S/C11H15BrN2S/c12-11-9-7-15-6-5-10(9)13-14(11)8-3-1-2-4-8/h8H,1-7H2. The van der Waals surface area contributed by atoms with Crippen molar-refractivity contribution in [2.24, 2.45) is 0 Å². The van der Waals surface area contributed by atoms with E-state index in [0.29, 0.717) is 6.04 Å². The van der Waals surface area contributed by atoms with Crippen LogP contribution in [-0.4, -0.2) is 15.5 Å². The van der Waals surface area contributed by atoms with E-state index in [1.165, 1.54) is 47.3 Å².